The topological polar surface area (TPSA) is 44.7 Å². The van der Waals surface area contributed by atoms with Gasteiger partial charge in [0.05, 0.1) is 6.61 Å². The fraction of sp³-hybridized carbons (Fsp3) is 1.00. The van der Waals surface area contributed by atoms with Gasteiger partial charge in [-0.3, -0.25) is 0 Å². The van der Waals surface area contributed by atoms with Gasteiger partial charge in [-0.1, -0.05) is 0 Å². The predicted molar refractivity (Wildman–Crippen MR) is 74.8 cm³/mol. The molecular weight excluding hydrogens is 228 g/mol. The summed E-state index contributed by atoms with van der Waals surface area (Å²) < 4.78 is 5.71. The van der Waals surface area contributed by atoms with Crippen LogP contribution in [0.2, 0.25) is 0 Å². The van der Waals surface area contributed by atoms with Gasteiger partial charge in [-0.25, -0.2) is 0 Å². The van der Waals surface area contributed by atoms with E-state index in [1.165, 1.54) is 6.42 Å². The van der Waals surface area contributed by atoms with Crippen LogP contribution in [0.3, 0.4) is 0 Å². The van der Waals surface area contributed by atoms with Crippen LogP contribution in [-0.4, -0.2) is 62.6 Å². The number of ether oxygens (including phenoxy) is 1. The Morgan fingerprint density at radius 2 is 2.22 bits per heavy atom. The summed E-state index contributed by atoms with van der Waals surface area (Å²) in [4.78, 5) is 2.47. The smallest absolute Gasteiger partial charge is 0.0546 e. The van der Waals surface area contributed by atoms with Gasteiger partial charge in [0, 0.05) is 44.3 Å². The molecule has 0 aromatic heterocycles. The first-order chi connectivity index (χ1) is 8.63. The minimum absolute atomic E-state index is 0.243. The lowest BCUT2D eigenvalue weighted by atomic mass is 9.81. The average Bonchev–Trinajstić information content (AvgIpc) is 2.35. The quantitative estimate of drug-likeness (QED) is 0.684. The highest BCUT2D eigenvalue weighted by atomic mass is 16.5. The summed E-state index contributed by atoms with van der Waals surface area (Å²) in [5.41, 5.74) is 0.243. The van der Waals surface area contributed by atoms with Gasteiger partial charge >= 0.3 is 0 Å². The molecule has 0 bridgehead atoms. The van der Waals surface area contributed by atoms with Crippen LogP contribution < -0.4 is 5.32 Å². The van der Waals surface area contributed by atoms with Gasteiger partial charge < -0.3 is 20.1 Å². The first-order valence-electron chi connectivity index (χ1n) is 7.21. The van der Waals surface area contributed by atoms with Crippen LogP contribution in [0, 0.1) is 5.41 Å². The number of rotatable bonds is 8. The molecule has 1 unspecified atom stereocenters. The Kier molecular flexibility index (Phi) is 7.15. The molecule has 0 radical (unpaired) electrons. The third-order valence-corrected chi connectivity index (χ3v) is 3.83. The summed E-state index contributed by atoms with van der Waals surface area (Å²) in [6, 6.07) is 0.521. The molecule has 0 aromatic carbocycles. The van der Waals surface area contributed by atoms with E-state index in [1.54, 1.807) is 0 Å². The van der Waals surface area contributed by atoms with Gasteiger partial charge in [-0.15, -0.1) is 0 Å². The maximum absolute atomic E-state index is 9.01. The molecule has 0 aromatic rings. The summed E-state index contributed by atoms with van der Waals surface area (Å²) in [7, 11) is 2.02. The molecule has 1 saturated heterocycles. The van der Waals surface area contributed by atoms with Gasteiger partial charge in [0.2, 0.25) is 0 Å². The zero-order valence-electron chi connectivity index (χ0n) is 12.2. The van der Waals surface area contributed by atoms with Gasteiger partial charge in [-0.2, -0.15) is 0 Å². The van der Waals surface area contributed by atoms with Crippen LogP contribution >= 0.6 is 0 Å². The Morgan fingerprint density at radius 3 is 2.72 bits per heavy atom. The Bertz CT molecular complexity index is 210. The average molecular weight is 258 g/mol. The molecule has 1 atom stereocenters. The fourth-order valence-electron chi connectivity index (χ4n) is 2.83. The number of hydrogen-bond acceptors (Lipinski definition) is 4. The largest absolute Gasteiger partial charge is 0.396 e. The minimum Gasteiger partial charge on any atom is -0.396 e. The Hall–Kier alpha value is -0.160. The van der Waals surface area contributed by atoms with E-state index in [4.69, 9.17) is 9.84 Å². The highest BCUT2D eigenvalue weighted by Gasteiger charge is 2.34. The number of aliphatic hydroxyl groups is 1. The second-order valence-corrected chi connectivity index (χ2v) is 5.83. The molecule has 1 heterocycles. The van der Waals surface area contributed by atoms with E-state index < -0.39 is 0 Å². The summed E-state index contributed by atoms with van der Waals surface area (Å²) in [5.74, 6) is 0. The van der Waals surface area contributed by atoms with Crippen LogP contribution in [0.1, 0.15) is 33.1 Å². The number of nitrogens with one attached hydrogen (secondary N) is 1. The van der Waals surface area contributed by atoms with Crippen molar-refractivity contribution in [3.63, 3.8) is 0 Å². The molecule has 0 amide bonds. The second kappa shape index (κ2) is 8.10. The molecule has 108 valence electrons. The number of hydrogen-bond donors (Lipinski definition) is 2. The van der Waals surface area contributed by atoms with Crippen molar-refractivity contribution in [3.05, 3.63) is 0 Å². The molecule has 1 aliphatic heterocycles. The van der Waals surface area contributed by atoms with E-state index in [2.05, 4.69) is 24.1 Å². The van der Waals surface area contributed by atoms with Crippen molar-refractivity contribution >= 4 is 0 Å². The zero-order chi connectivity index (χ0) is 13.4. The van der Waals surface area contributed by atoms with E-state index in [1.807, 2.05) is 7.05 Å². The minimum atomic E-state index is 0.243. The molecular formula is C14H30N2O2. The monoisotopic (exact) mass is 258 g/mol. The first-order valence-corrected chi connectivity index (χ1v) is 7.21. The highest BCUT2D eigenvalue weighted by Crippen LogP contribution is 2.29. The Morgan fingerprint density at radius 1 is 1.44 bits per heavy atom. The number of nitrogens with zero attached hydrogens (tertiary/aromatic N) is 1. The van der Waals surface area contributed by atoms with E-state index in [9.17, 15) is 0 Å². The molecule has 1 rings (SSSR count). The summed E-state index contributed by atoms with van der Waals surface area (Å²) in [6.45, 7) is 9.54. The second-order valence-electron chi connectivity index (χ2n) is 5.83. The van der Waals surface area contributed by atoms with Crippen LogP contribution in [0.5, 0.6) is 0 Å². The first kappa shape index (κ1) is 15.9. The molecule has 4 heteroatoms. The lowest BCUT2D eigenvalue weighted by Crippen LogP contribution is -2.50. The summed E-state index contributed by atoms with van der Waals surface area (Å²) in [6.07, 6.45) is 3.25. The molecule has 0 spiro atoms. The van der Waals surface area contributed by atoms with E-state index in [0.717, 1.165) is 45.7 Å². The van der Waals surface area contributed by atoms with Crippen molar-refractivity contribution in [2.24, 2.45) is 5.41 Å². The third kappa shape index (κ3) is 4.84. The van der Waals surface area contributed by atoms with Crippen LogP contribution in [0.15, 0.2) is 0 Å². The van der Waals surface area contributed by atoms with Crippen molar-refractivity contribution in [1.29, 1.82) is 0 Å². The SMILES string of the molecule is CNCC1(CN(CCCO)C(C)C)CCCOC1. The maximum Gasteiger partial charge on any atom is 0.0546 e. The highest BCUT2D eigenvalue weighted by molar-refractivity contribution is 4.87. The molecule has 1 aliphatic rings. The van der Waals surface area contributed by atoms with Crippen LogP contribution in [0.4, 0.5) is 0 Å². The third-order valence-electron chi connectivity index (χ3n) is 3.83. The Balaban J connectivity index is 2.60. The van der Waals surface area contributed by atoms with Crippen molar-refractivity contribution in [2.75, 3.05) is 46.5 Å². The van der Waals surface area contributed by atoms with Crippen molar-refractivity contribution in [3.8, 4) is 0 Å². The van der Waals surface area contributed by atoms with E-state index >= 15 is 0 Å². The predicted octanol–water partition coefficient (Wildman–Crippen LogP) is 1.10. The molecule has 0 saturated carbocycles. The fourth-order valence-corrected chi connectivity index (χ4v) is 2.83. The van der Waals surface area contributed by atoms with Crippen molar-refractivity contribution in [1.82, 2.24) is 10.2 Å². The summed E-state index contributed by atoms with van der Waals surface area (Å²) in [5, 5.41) is 12.3. The van der Waals surface area contributed by atoms with Gasteiger partial charge in [0.1, 0.15) is 0 Å². The van der Waals surface area contributed by atoms with Gasteiger partial charge in [-0.05, 0) is 40.2 Å². The molecule has 18 heavy (non-hydrogen) atoms. The molecule has 4 nitrogen and oxygen atoms in total. The van der Waals surface area contributed by atoms with Crippen LogP contribution in [0.25, 0.3) is 0 Å². The maximum atomic E-state index is 9.01. The molecule has 2 N–H and O–H groups in total. The van der Waals surface area contributed by atoms with Gasteiger partial charge in [0.15, 0.2) is 0 Å². The Labute approximate surface area is 112 Å². The van der Waals surface area contributed by atoms with Gasteiger partial charge in [0.25, 0.3) is 0 Å². The van der Waals surface area contributed by atoms with Crippen molar-refractivity contribution < 1.29 is 9.84 Å². The van der Waals surface area contributed by atoms with E-state index in [0.29, 0.717) is 6.04 Å². The molecule has 0 aliphatic carbocycles. The standard InChI is InChI=1S/C14H30N2O2/c1-13(2)16(7-5-8-17)11-14(10-15-3)6-4-9-18-12-14/h13,15,17H,4-12H2,1-3H3. The van der Waals surface area contributed by atoms with Crippen molar-refractivity contribution in [2.45, 2.75) is 39.2 Å². The zero-order valence-corrected chi connectivity index (χ0v) is 12.2. The number of aliphatic hydroxyl groups excluding tert-OH is 1. The van der Waals surface area contributed by atoms with Crippen LogP contribution in [-0.2, 0) is 4.74 Å². The lowest BCUT2D eigenvalue weighted by molar-refractivity contribution is -0.0306. The summed E-state index contributed by atoms with van der Waals surface area (Å²) >= 11 is 0. The van der Waals surface area contributed by atoms with E-state index in [-0.39, 0.29) is 12.0 Å². The lowest BCUT2D eigenvalue weighted by Gasteiger charge is -2.42. The molecule has 1 fully saturated rings. The normalized spacial score (nSPS) is 25.0.